The molecule has 0 amide bonds. The SMILES string of the molecule is CC(C)c1cnn2c(NCc3cccc(N)c3)nc(S(C)(=O)=O)nc12. The van der Waals surface area contributed by atoms with E-state index in [1.165, 1.54) is 4.52 Å². The molecule has 0 aliphatic carbocycles. The van der Waals surface area contributed by atoms with Gasteiger partial charge in [-0.15, -0.1) is 0 Å². The van der Waals surface area contributed by atoms with Crippen molar-refractivity contribution in [3.63, 3.8) is 0 Å². The summed E-state index contributed by atoms with van der Waals surface area (Å²) in [6.45, 7) is 4.43. The van der Waals surface area contributed by atoms with E-state index in [4.69, 9.17) is 5.73 Å². The van der Waals surface area contributed by atoms with Crippen LogP contribution in [0.3, 0.4) is 0 Å². The summed E-state index contributed by atoms with van der Waals surface area (Å²) in [4.78, 5) is 8.34. The lowest BCUT2D eigenvalue weighted by Crippen LogP contribution is -2.13. The fraction of sp³-hybridized carbons (Fsp3) is 0.312. The molecular weight excluding hydrogens is 340 g/mol. The maximum atomic E-state index is 12.0. The van der Waals surface area contributed by atoms with Gasteiger partial charge in [-0.05, 0) is 23.6 Å². The summed E-state index contributed by atoms with van der Waals surface area (Å²) in [5.74, 6) is 0.473. The second kappa shape index (κ2) is 6.32. The van der Waals surface area contributed by atoms with Gasteiger partial charge in [-0.3, -0.25) is 0 Å². The molecule has 0 bridgehead atoms. The van der Waals surface area contributed by atoms with Crippen LogP contribution in [0, 0.1) is 0 Å². The van der Waals surface area contributed by atoms with E-state index in [2.05, 4.69) is 20.4 Å². The molecule has 0 saturated carbocycles. The molecule has 25 heavy (non-hydrogen) atoms. The van der Waals surface area contributed by atoms with E-state index in [9.17, 15) is 8.42 Å². The van der Waals surface area contributed by atoms with Crippen molar-refractivity contribution in [3.8, 4) is 0 Å². The van der Waals surface area contributed by atoms with Crippen LogP contribution in [0.1, 0.15) is 30.9 Å². The predicted molar refractivity (Wildman–Crippen MR) is 96.2 cm³/mol. The third-order valence-electron chi connectivity index (χ3n) is 3.73. The van der Waals surface area contributed by atoms with Gasteiger partial charge in [-0.1, -0.05) is 26.0 Å². The number of fused-ring (bicyclic) bond motifs is 1. The zero-order valence-corrected chi connectivity index (χ0v) is 15.1. The smallest absolute Gasteiger partial charge is 0.252 e. The summed E-state index contributed by atoms with van der Waals surface area (Å²) in [5, 5.41) is 7.20. The molecule has 2 heterocycles. The fourth-order valence-corrected chi connectivity index (χ4v) is 2.95. The summed E-state index contributed by atoms with van der Waals surface area (Å²) in [6, 6.07) is 7.42. The molecule has 0 radical (unpaired) electrons. The number of rotatable bonds is 5. The van der Waals surface area contributed by atoms with Crippen LogP contribution in [-0.2, 0) is 16.4 Å². The highest BCUT2D eigenvalue weighted by Crippen LogP contribution is 2.22. The van der Waals surface area contributed by atoms with Gasteiger partial charge in [0.2, 0.25) is 15.8 Å². The number of sulfone groups is 1. The minimum absolute atomic E-state index is 0.154. The second-order valence-corrected chi connectivity index (χ2v) is 8.10. The third-order valence-corrected chi connectivity index (χ3v) is 4.58. The number of hydrogen-bond acceptors (Lipinski definition) is 7. The molecule has 0 unspecified atom stereocenters. The molecule has 132 valence electrons. The van der Waals surface area contributed by atoms with Crippen molar-refractivity contribution in [2.75, 3.05) is 17.3 Å². The highest BCUT2D eigenvalue weighted by molar-refractivity contribution is 7.90. The number of anilines is 2. The van der Waals surface area contributed by atoms with Gasteiger partial charge in [0.25, 0.3) is 5.16 Å². The van der Waals surface area contributed by atoms with Crippen molar-refractivity contribution in [2.45, 2.75) is 31.5 Å². The lowest BCUT2D eigenvalue weighted by atomic mass is 10.1. The maximum absolute atomic E-state index is 12.0. The summed E-state index contributed by atoms with van der Waals surface area (Å²) in [6.07, 6.45) is 2.78. The average molecular weight is 360 g/mol. The van der Waals surface area contributed by atoms with Gasteiger partial charge in [0, 0.05) is 24.1 Å². The number of aromatic nitrogens is 4. The van der Waals surface area contributed by atoms with E-state index < -0.39 is 9.84 Å². The topological polar surface area (TPSA) is 115 Å². The Morgan fingerprint density at radius 1 is 1.28 bits per heavy atom. The molecule has 0 aliphatic heterocycles. The average Bonchev–Trinajstić information content (AvgIpc) is 2.96. The molecule has 3 aromatic rings. The molecule has 3 rings (SSSR count). The minimum Gasteiger partial charge on any atom is -0.399 e. The summed E-state index contributed by atoms with van der Waals surface area (Å²) in [7, 11) is -3.55. The van der Waals surface area contributed by atoms with Crippen LogP contribution in [0.25, 0.3) is 5.65 Å². The number of benzene rings is 1. The van der Waals surface area contributed by atoms with Crippen molar-refractivity contribution in [3.05, 3.63) is 41.6 Å². The van der Waals surface area contributed by atoms with E-state index in [1.54, 1.807) is 12.3 Å². The Balaban J connectivity index is 2.06. The Labute approximate surface area is 146 Å². The number of nitrogen functional groups attached to an aromatic ring is 1. The van der Waals surface area contributed by atoms with Crippen LogP contribution in [0.2, 0.25) is 0 Å². The van der Waals surface area contributed by atoms with Gasteiger partial charge in [0.15, 0.2) is 5.65 Å². The van der Waals surface area contributed by atoms with Crippen molar-refractivity contribution < 1.29 is 8.42 Å². The van der Waals surface area contributed by atoms with Crippen molar-refractivity contribution >= 4 is 27.1 Å². The molecule has 0 atom stereocenters. The quantitative estimate of drug-likeness (QED) is 0.667. The first-order chi connectivity index (χ1) is 11.8. The minimum atomic E-state index is -3.55. The molecule has 0 spiro atoms. The Kier molecular flexibility index (Phi) is 4.34. The monoisotopic (exact) mass is 360 g/mol. The van der Waals surface area contributed by atoms with E-state index in [0.29, 0.717) is 23.8 Å². The van der Waals surface area contributed by atoms with Crippen molar-refractivity contribution in [2.24, 2.45) is 0 Å². The van der Waals surface area contributed by atoms with Crippen LogP contribution in [0.4, 0.5) is 11.6 Å². The van der Waals surface area contributed by atoms with E-state index in [1.807, 2.05) is 32.0 Å². The van der Waals surface area contributed by atoms with E-state index >= 15 is 0 Å². The van der Waals surface area contributed by atoms with Crippen LogP contribution >= 0.6 is 0 Å². The van der Waals surface area contributed by atoms with Gasteiger partial charge in [0.1, 0.15) is 0 Å². The maximum Gasteiger partial charge on any atom is 0.252 e. The van der Waals surface area contributed by atoms with Gasteiger partial charge >= 0.3 is 0 Å². The van der Waals surface area contributed by atoms with E-state index in [-0.39, 0.29) is 11.1 Å². The summed E-state index contributed by atoms with van der Waals surface area (Å²) < 4.78 is 25.4. The Morgan fingerprint density at radius 3 is 2.68 bits per heavy atom. The van der Waals surface area contributed by atoms with Gasteiger partial charge in [-0.25, -0.2) is 8.42 Å². The van der Waals surface area contributed by atoms with Gasteiger partial charge in [-0.2, -0.15) is 19.6 Å². The zero-order valence-electron chi connectivity index (χ0n) is 14.3. The molecule has 3 N–H and O–H groups in total. The first kappa shape index (κ1) is 17.2. The summed E-state index contributed by atoms with van der Waals surface area (Å²) >= 11 is 0. The molecule has 0 saturated heterocycles. The zero-order chi connectivity index (χ0) is 18.2. The third kappa shape index (κ3) is 3.55. The van der Waals surface area contributed by atoms with Crippen LogP contribution < -0.4 is 11.1 Å². The lowest BCUT2D eigenvalue weighted by molar-refractivity contribution is 0.592. The number of nitrogens with two attached hydrogens (primary N) is 1. The fourth-order valence-electron chi connectivity index (χ4n) is 2.45. The first-order valence-electron chi connectivity index (χ1n) is 7.79. The van der Waals surface area contributed by atoms with Crippen molar-refractivity contribution in [1.29, 1.82) is 0 Å². The number of hydrogen-bond donors (Lipinski definition) is 2. The van der Waals surface area contributed by atoms with Crippen LogP contribution in [0.15, 0.2) is 35.6 Å². The summed E-state index contributed by atoms with van der Waals surface area (Å²) in [5.41, 5.74) is 8.74. The molecule has 9 heteroatoms. The Hall–Kier alpha value is -2.68. The molecule has 0 fully saturated rings. The van der Waals surface area contributed by atoms with Gasteiger partial charge < -0.3 is 11.1 Å². The first-order valence-corrected chi connectivity index (χ1v) is 9.69. The van der Waals surface area contributed by atoms with E-state index in [0.717, 1.165) is 17.4 Å². The second-order valence-electron chi connectivity index (χ2n) is 6.19. The number of nitrogens with one attached hydrogen (secondary N) is 1. The molecular formula is C16H20N6O2S. The highest BCUT2D eigenvalue weighted by atomic mass is 32.2. The van der Waals surface area contributed by atoms with Crippen LogP contribution in [-0.4, -0.2) is 34.3 Å². The lowest BCUT2D eigenvalue weighted by Gasteiger charge is -2.10. The van der Waals surface area contributed by atoms with Crippen LogP contribution in [0.5, 0.6) is 0 Å². The Morgan fingerprint density at radius 2 is 2.04 bits per heavy atom. The number of nitrogens with zero attached hydrogens (tertiary/aromatic N) is 4. The molecule has 2 aromatic heterocycles. The molecule has 8 nitrogen and oxygen atoms in total. The molecule has 0 aliphatic rings. The largest absolute Gasteiger partial charge is 0.399 e. The normalized spacial score (nSPS) is 12.0. The van der Waals surface area contributed by atoms with Gasteiger partial charge in [0.05, 0.1) is 6.20 Å². The predicted octanol–water partition coefficient (Wildman–Crippen LogP) is 1.85. The molecule has 1 aromatic carbocycles. The Bertz CT molecular complexity index is 1030. The highest BCUT2D eigenvalue weighted by Gasteiger charge is 2.19. The standard InChI is InChI=1S/C16H20N6O2S/c1-10(2)13-9-19-22-14(13)20-16(25(3,23)24)21-15(22)18-8-11-5-4-6-12(17)7-11/h4-7,9-10H,8,17H2,1-3H3,(H,18,20,21). The van der Waals surface area contributed by atoms with Crippen molar-refractivity contribution in [1.82, 2.24) is 19.6 Å².